The van der Waals surface area contributed by atoms with Crippen LogP contribution in [0.25, 0.3) is 0 Å². The molecule has 0 unspecified atom stereocenters. The highest BCUT2D eigenvalue weighted by atomic mass is 35.5. The summed E-state index contributed by atoms with van der Waals surface area (Å²) in [7, 11) is -5.26. The summed E-state index contributed by atoms with van der Waals surface area (Å²) in [5.74, 6) is 2.91. The van der Waals surface area contributed by atoms with E-state index in [2.05, 4.69) is 14.7 Å². The molecule has 3 N–H and O–H groups in total. The summed E-state index contributed by atoms with van der Waals surface area (Å²) in [5.41, 5.74) is 0.388. The minimum Gasteiger partial charge on any atom is -0.490 e. The molecule has 0 bridgehead atoms. The molecular weight excluding hydrogens is 847 g/mol. The molecule has 0 aromatic heterocycles. The lowest BCUT2D eigenvalue weighted by Crippen LogP contribution is -2.45. The van der Waals surface area contributed by atoms with Crippen LogP contribution in [0.4, 0.5) is 13.2 Å². The summed E-state index contributed by atoms with van der Waals surface area (Å²) in [4.78, 5) is 9.55. The molecule has 2 aromatic carbocycles. The van der Waals surface area contributed by atoms with E-state index in [9.17, 15) is 21.6 Å². The van der Waals surface area contributed by atoms with Crippen LogP contribution in [-0.2, 0) is 10.0 Å². The number of nitrogens with one attached hydrogen (secondary N) is 1. The van der Waals surface area contributed by atoms with Crippen LogP contribution in [-0.4, -0.2) is 137 Å². The molecule has 4 fully saturated rings. The SMILES string of the molecule is NCCN1CCC(CN2CCC(Oc3ccc(Cl)c(Cl)c3)CC2)CC1.O=S(=O)(NCCN1CCC(CN2CCC(Oc3ccc(Cl)c(Cl)c3)CC2)CC1)C(F)(F)F. The van der Waals surface area contributed by atoms with Crippen LogP contribution >= 0.6 is 46.4 Å². The average Bonchev–Trinajstić information content (AvgIpc) is 3.17. The maximum absolute atomic E-state index is 12.3. The molecule has 2 aromatic rings. The van der Waals surface area contributed by atoms with Gasteiger partial charge < -0.3 is 34.8 Å². The van der Waals surface area contributed by atoms with Crippen molar-refractivity contribution >= 4 is 56.4 Å². The summed E-state index contributed by atoms with van der Waals surface area (Å²) < 4.78 is 72.9. The number of alkyl halides is 3. The van der Waals surface area contributed by atoms with Crippen LogP contribution < -0.4 is 19.9 Å². The molecule has 6 rings (SSSR count). The Labute approximate surface area is 356 Å². The Kier molecular flexibility index (Phi) is 18.5. The summed E-state index contributed by atoms with van der Waals surface area (Å²) in [6.45, 7) is 12.2. The van der Waals surface area contributed by atoms with Gasteiger partial charge in [0.2, 0.25) is 0 Å². The van der Waals surface area contributed by atoms with Gasteiger partial charge in [-0.25, -0.2) is 13.1 Å². The van der Waals surface area contributed by atoms with Crippen molar-refractivity contribution in [1.82, 2.24) is 24.3 Å². The lowest BCUT2D eigenvalue weighted by molar-refractivity contribution is -0.0448. The van der Waals surface area contributed by atoms with Gasteiger partial charge in [0.15, 0.2) is 0 Å². The number of nitrogens with two attached hydrogens (primary N) is 1. The predicted octanol–water partition coefficient (Wildman–Crippen LogP) is 7.50. The van der Waals surface area contributed by atoms with Gasteiger partial charge in [-0.1, -0.05) is 46.4 Å². The number of rotatable bonds is 14. The van der Waals surface area contributed by atoms with Crippen LogP contribution in [0.15, 0.2) is 36.4 Å². The lowest BCUT2D eigenvalue weighted by Gasteiger charge is -2.37. The first kappa shape index (κ1) is 46.8. The Bertz CT molecular complexity index is 1640. The smallest absolute Gasteiger partial charge is 0.490 e. The Hall–Kier alpha value is -1.30. The molecule has 0 aliphatic carbocycles. The van der Waals surface area contributed by atoms with Gasteiger partial charge in [0.25, 0.3) is 0 Å². The number of sulfonamides is 1. The zero-order valence-corrected chi connectivity index (χ0v) is 36.2. The van der Waals surface area contributed by atoms with E-state index in [1.165, 1.54) is 32.5 Å². The van der Waals surface area contributed by atoms with Gasteiger partial charge in [-0.3, -0.25) is 0 Å². The van der Waals surface area contributed by atoms with E-state index in [0.29, 0.717) is 26.0 Å². The van der Waals surface area contributed by atoms with Crippen LogP contribution in [0.2, 0.25) is 20.1 Å². The quantitative estimate of drug-likeness (QED) is 0.200. The highest BCUT2D eigenvalue weighted by Crippen LogP contribution is 2.30. The lowest BCUT2D eigenvalue weighted by atomic mass is 9.95. The Balaban J connectivity index is 0.000000224. The third-order valence-electron chi connectivity index (χ3n) is 11.4. The van der Waals surface area contributed by atoms with Gasteiger partial charge in [0.05, 0.1) is 20.1 Å². The van der Waals surface area contributed by atoms with E-state index in [4.69, 9.17) is 61.6 Å². The number of hydrogen-bond donors (Lipinski definition) is 2. The fraction of sp³-hybridized carbons (Fsp3) is 0.692. The van der Waals surface area contributed by atoms with E-state index in [1.54, 1.807) is 22.9 Å². The second kappa shape index (κ2) is 22.5. The van der Waals surface area contributed by atoms with E-state index >= 15 is 0 Å². The molecule has 0 saturated carbocycles. The zero-order valence-electron chi connectivity index (χ0n) is 32.4. The second-order valence-electron chi connectivity index (χ2n) is 15.6. The Morgan fingerprint density at radius 1 is 0.614 bits per heavy atom. The van der Waals surface area contributed by atoms with Gasteiger partial charge >= 0.3 is 15.5 Å². The number of benzene rings is 2. The molecule has 0 amide bonds. The van der Waals surface area contributed by atoms with E-state index in [1.807, 2.05) is 23.1 Å². The molecule has 4 heterocycles. The van der Waals surface area contributed by atoms with Crippen molar-refractivity contribution in [3.63, 3.8) is 0 Å². The first-order valence-corrected chi connectivity index (χ1v) is 23.1. The van der Waals surface area contributed by atoms with Crippen molar-refractivity contribution in [1.29, 1.82) is 0 Å². The van der Waals surface area contributed by atoms with Crippen molar-refractivity contribution in [3.05, 3.63) is 56.5 Å². The minimum atomic E-state index is -5.26. The monoisotopic (exact) mass is 902 g/mol. The summed E-state index contributed by atoms with van der Waals surface area (Å²) in [6.07, 6.45) is 8.94. The summed E-state index contributed by atoms with van der Waals surface area (Å²) in [5, 5.41) is 2.10. The molecule has 4 saturated heterocycles. The maximum atomic E-state index is 12.3. The number of halogens is 7. The van der Waals surface area contributed by atoms with Crippen LogP contribution in [0.5, 0.6) is 11.5 Å². The fourth-order valence-electron chi connectivity index (χ4n) is 8.02. The maximum Gasteiger partial charge on any atom is 0.511 e. The van der Waals surface area contributed by atoms with E-state index in [-0.39, 0.29) is 25.3 Å². The van der Waals surface area contributed by atoms with E-state index in [0.717, 1.165) is 115 Å². The Morgan fingerprint density at radius 2 is 1.00 bits per heavy atom. The molecule has 4 aliphatic rings. The van der Waals surface area contributed by atoms with Gasteiger partial charge in [0.1, 0.15) is 23.7 Å². The molecule has 0 spiro atoms. The van der Waals surface area contributed by atoms with Crippen molar-refractivity contribution < 1.29 is 31.1 Å². The number of piperidine rings is 4. The highest BCUT2D eigenvalue weighted by molar-refractivity contribution is 7.90. The van der Waals surface area contributed by atoms with Crippen molar-refractivity contribution in [3.8, 4) is 11.5 Å². The average molecular weight is 905 g/mol. The number of hydrogen-bond acceptors (Lipinski definition) is 9. The molecule has 57 heavy (non-hydrogen) atoms. The highest BCUT2D eigenvalue weighted by Gasteiger charge is 2.45. The molecule has 0 radical (unpaired) electrons. The molecule has 10 nitrogen and oxygen atoms in total. The van der Waals surface area contributed by atoms with Gasteiger partial charge in [-0.15, -0.1) is 0 Å². The van der Waals surface area contributed by atoms with Crippen LogP contribution in [0, 0.1) is 11.8 Å². The molecule has 322 valence electrons. The number of nitrogens with zero attached hydrogens (tertiary/aromatic N) is 4. The van der Waals surface area contributed by atoms with Gasteiger partial charge in [-0.05, 0) is 114 Å². The fourth-order valence-corrected chi connectivity index (χ4v) is 9.12. The van der Waals surface area contributed by atoms with Crippen LogP contribution in [0.1, 0.15) is 51.4 Å². The molecule has 18 heteroatoms. The van der Waals surface area contributed by atoms with Crippen molar-refractivity contribution in [2.24, 2.45) is 17.6 Å². The van der Waals surface area contributed by atoms with Crippen molar-refractivity contribution in [2.75, 3.05) is 91.6 Å². The van der Waals surface area contributed by atoms with Gasteiger partial charge in [-0.2, -0.15) is 13.2 Å². The standard InChI is InChI=1S/C20H28Cl2F3N3O3S.C19H29Cl2N3O/c21-18-2-1-17(13-19(18)22)31-16-5-10-28(11-6-16)14-15-3-8-27(9-4-15)12-7-26-32(29,30)20(23,24)25;20-18-2-1-17(13-19(18)21)25-16-5-10-24(11-6-16)14-15-3-8-23(9-4-15)12-7-22/h1-2,13,15-16,26H,3-12,14H2;1-2,13,15-16H,3-12,14,22H2. The first-order chi connectivity index (χ1) is 27.2. The van der Waals surface area contributed by atoms with E-state index < -0.39 is 15.5 Å². The molecule has 0 atom stereocenters. The Morgan fingerprint density at radius 3 is 1.37 bits per heavy atom. The largest absolute Gasteiger partial charge is 0.511 e. The summed E-state index contributed by atoms with van der Waals surface area (Å²) >= 11 is 24.0. The zero-order chi connectivity index (χ0) is 41.0. The third kappa shape index (κ3) is 15.3. The minimum absolute atomic E-state index is 0.144. The third-order valence-corrected chi connectivity index (χ3v) is 14.0. The predicted molar refractivity (Wildman–Crippen MR) is 223 cm³/mol. The summed E-state index contributed by atoms with van der Waals surface area (Å²) in [6, 6.07) is 10.8. The molecule has 4 aliphatic heterocycles. The molecular formula is C39H57Cl4F3N6O4S. The first-order valence-electron chi connectivity index (χ1n) is 20.1. The topological polar surface area (TPSA) is 104 Å². The van der Waals surface area contributed by atoms with Crippen LogP contribution in [0.3, 0.4) is 0 Å². The normalized spacial score (nSPS) is 21.0. The second-order valence-corrected chi connectivity index (χ2v) is 19.0. The number of ether oxygens (including phenoxy) is 2. The van der Waals surface area contributed by atoms with Gasteiger partial charge in [0, 0.05) is 77.6 Å². The number of likely N-dealkylation sites (tertiary alicyclic amines) is 4. The van der Waals surface area contributed by atoms with Crippen molar-refractivity contribution in [2.45, 2.75) is 69.1 Å².